The highest BCUT2D eigenvalue weighted by molar-refractivity contribution is 6.34. The Morgan fingerprint density at radius 3 is 1.77 bits per heavy atom. The summed E-state index contributed by atoms with van der Waals surface area (Å²) in [6.45, 7) is 33.2. The highest BCUT2D eigenvalue weighted by Crippen LogP contribution is 2.33. The fourth-order valence-corrected chi connectivity index (χ4v) is 3.74. The lowest BCUT2D eigenvalue weighted by atomic mass is 10.0. The molecule has 2 heterocycles. The molecule has 0 aliphatic carbocycles. The summed E-state index contributed by atoms with van der Waals surface area (Å²) >= 11 is 0. The van der Waals surface area contributed by atoms with Crippen molar-refractivity contribution in [2.24, 2.45) is 5.73 Å². The summed E-state index contributed by atoms with van der Waals surface area (Å²) in [7, 11) is 1.50. The molecule has 1 aromatic heterocycles. The SMILES string of the molecule is C=CCCCC=C.C=Cc1c(C)[nH]c(/C=C2\C(=O)Nc3ccccc32)c1C.CC.CC.CCN(CC)CC.CN. The van der Waals surface area contributed by atoms with Gasteiger partial charge < -0.3 is 20.9 Å². The van der Waals surface area contributed by atoms with Crippen molar-refractivity contribution in [2.75, 3.05) is 32.0 Å². The molecule has 2 aromatic rings. The lowest BCUT2D eigenvalue weighted by molar-refractivity contribution is -0.110. The average molecular weight is 553 g/mol. The number of unbranched alkanes of at least 4 members (excludes halogenated alkanes) is 2. The number of aromatic nitrogens is 1. The van der Waals surface area contributed by atoms with Crippen LogP contribution in [0.2, 0.25) is 0 Å². The third kappa shape index (κ3) is 14.9. The summed E-state index contributed by atoms with van der Waals surface area (Å²) < 4.78 is 0. The van der Waals surface area contributed by atoms with Crippen molar-refractivity contribution < 1.29 is 4.79 Å². The molecule has 0 radical (unpaired) electrons. The number of allylic oxidation sites excluding steroid dienone is 2. The molecule has 226 valence electrons. The number of carbonyl (C=O) groups is 1. The number of amides is 1. The maximum absolute atomic E-state index is 12.1. The van der Waals surface area contributed by atoms with Gasteiger partial charge in [0.05, 0.1) is 5.57 Å². The number of para-hydroxylation sites is 1. The molecule has 1 aliphatic heterocycles. The molecule has 0 saturated carbocycles. The van der Waals surface area contributed by atoms with E-state index >= 15 is 0 Å². The van der Waals surface area contributed by atoms with E-state index in [1.807, 2.05) is 90.1 Å². The zero-order chi connectivity index (χ0) is 31.5. The molecule has 4 N–H and O–H groups in total. The van der Waals surface area contributed by atoms with Crippen molar-refractivity contribution in [3.63, 3.8) is 0 Å². The summed E-state index contributed by atoms with van der Waals surface area (Å²) in [6, 6.07) is 7.73. The number of hydrogen-bond donors (Lipinski definition) is 3. The fourth-order valence-electron chi connectivity index (χ4n) is 3.74. The van der Waals surface area contributed by atoms with Gasteiger partial charge >= 0.3 is 0 Å². The molecule has 1 aromatic carbocycles. The number of H-pyrrole nitrogens is 1. The molecular formula is C35H60N4O. The lowest BCUT2D eigenvalue weighted by Gasteiger charge is -2.13. The Morgan fingerprint density at radius 1 is 0.875 bits per heavy atom. The van der Waals surface area contributed by atoms with Gasteiger partial charge in [-0.15, -0.1) is 13.2 Å². The molecule has 0 saturated heterocycles. The van der Waals surface area contributed by atoms with Crippen LogP contribution in [0.5, 0.6) is 0 Å². The number of nitrogens with one attached hydrogen (secondary N) is 2. The second kappa shape index (κ2) is 27.4. The lowest BCUT2D eigenvalue weighted by Crippen LogP contribution is -2.21. The van der Waals surface area contributed by atoms with E-state index in [1.54, 1.807) is 0 Å². The predicted octanol–water partition coefficient (Wildman–Crippen LogP) is 9.27. The zero-order valence-electron chi connectivity index (χ0n) is 27.4. The number of benzene rings is 1. The molecule has 40 heavy (non-hydrogen) atoms. The first-order valence-corrected chi connectivity index (χ1v) is 14.8. The number of nitrogens with two attached hydrogens (primary N) is 1. The summed E-state index contributed by atoms with van der Waals surface area (Å²) in [6.07, 6.45) is 11.1. The second-order valence-electron chi connectivity index (χ2n) is 8.09. The van der Waals surface area contributed by atoms with E-state index in [1.165, 1.54) is 33.1 Å². The molecule has 5 heteroatoms. The van der Waals surface area contributed by atoms with Gasteiger partial charge in [-0.3, -0.25) is 4.79 Å². The Morgan fingerprint density at radius 2 is 1.38 bits per heavy atom. The van der Waals surface area contributed by atoms with Crippen LogP contribution in [0, 0.1) is 13.8 Å². The van der Waals surface area contributed by atoms with E-state index in [2.05, 4.69) is 61.4 Å². The molecule has 0 fully saturated rings. The van der Waals surface area contributed by atoms with Gasteiger partial charge in [0.2, 0.25) is 0 Å². The Balaban J connectivity index is -0.000000571. The van der Waals surface area contributed by atoms with Gasteiger partial charge in [-0.1, -0.05) is 91.5 Å². The normalized spacial score (nSPS) is 11.3. The standard InChI is InChI=1S/C17H16N2O.C7H12.C6H15N.2C2H6.CH5N/c1-4-12-10(2)16(18-11(12)3)9-14-13-7-5-6-8-15(13)19-17(14)20;1-3-5-7-6-4-2;1-4-7(5-2)6-3;3*1-2/h4-9,18H,1H2,2-3H3,(H,19,20);3-4H,1-2,5-7H2;4-6H2,1-3H3;2*1-2H3;2H2,1H3/b14-9-;;;;;. The number of aromatic amines is 1. The van der Waals surface area contributed by atoms with Crippen molar-refractivity contribution in [3.8, 4) is 0 Å². The highest BCUT2D eigenvalue weighted by atomic mass is 16.2. The monoisotopic (exact) mass is 552 g/mol. The molecular weight excluding hydrogens is 492 g/mol. The van der Waals surface area contributed by atoms with Gasteiger partial charge in [-0.25, -0.2) is 0 Å². The topological polar surface area (TPSA) is 74.2 Å². The van der Waals surface area contributed by atoms with Crippen LogP contribution in [-0.2, 0) is 4.79 Å². The van der Waals surface area contributed by atoms with Gasteiger partial charge in [-0.05, 0) is 83.1 Å². The number of carbonyl (C=O) groups excluding carboxylic acids is 1. The Hall–Kier alpha value is -3.15. The van der Waals surface area contributed by atoms with Crippen LogP contribution < -0.4 is 11.1 Å². The summed E-state index contributed by atoms with van der Waals surface area (Å²) in [5, 5.41) is 2.88. The first-order valence-electron chi connectivity index (χ1n) is 14.8. The predicted molar refractivity (Wildman–Crippen MR) is 184 cm³/mol. The Bertz CT molecular complexity index is 968. The van der Waals surface area contributed by atoms with E-state index < -0.39 is 0 Å². The zero-order valence-corrected chi connectivity index (χ0v) is 27.4. The van der Waals surface area contributed by atoms with Crippen LogP contribution in [0.1, 0.15) is 95.8 Å². The molecule has 0 bridgehead atoms. The summed E-state index contributed by atoms with van der Waals surface area (Å²) in [4.78, 5) is 17.8. The van der Waals surface area contributed by atoms with Crippen LogP contribution in [0.25, 0.3) is 17.7 Å². The van der Waals surface area contributed by atoms with Gasteiger partial charge in [0, 0.05) is 22.6 Å². The van der Waals surface area contributed by atoms with Gasteiger partial charge in [0.1, 0.15) is 0 Å². The number of aryl methyl sites for hydroxylation is 1. The molecule has 1 amide bonds. The second-order valence-corrected chi connectivity index (χ2v) is 8.09. The number of nitrogens with zero attached hydrogens (tertiary/aromatic N) is 1. The minimum absolute atomic E-state index is 0.0574. The quantitative estimate of drug-likeness (QED) is 0.165. The Labute approximate surface area is 247 Å². The van der Waals surface area contributed by atoms with Crippen LogP contribution >= 0.6 is 0 Å². The van der Waals surface area contributed by atoms with E-state index in [9.17, 15) is 4.79 Å². The van der Waals surface area contributed by atoms with Crippen molar-refractivity contribution in [1.29, 1.82) is 0 Å². The number of fused-ring (bicyclic) bond motifs is 1. The molecule has 0 unspecified atom stereocenters. The minimum atomic E-state index is -0.0574. The molecule has 1 aliphatic rings. The van der Waals surface area contributed by atoms with Crippen molar-refractivity contribution in [1.82, 2.24) is 9.88 Å². The number of anilines is 1. The summed E-state index contributed by atoms with van der Waals surface area (Å²) in [5.74, 6) is -0.0574. The maximum Gasteiger partial charge on any atom is 0.256 e. The van der Waals surface area contributed by atoms with Gasteiger partial charge in [-0.2, -0.15) is 0 Å². The van der Waals surface area contributed by atoms with Crippen LogP contribution in [0.3, 0.4) is 0 Å². The van der Waals surface area contributed by atoms with E-state index in [0.717, 1.165) is 46.6 Å². The summed E-state index contributed by atoms with van der Waals surface area (Å²) in [5.41, 5.74) is 11.2. The first-order chi connectivity index (χ1) is 19.4. The van der Waals surface area contributed by atoms with Crippen LogP contribution in [-0.4, -0.2) is 42.5 Å². The fraction of sp³-hybridized carbons (Fsp3) is 0.457. The van der Waals surface area contributed by atoms with Crippen molar-refractivity contribution in [2.45, 2.75) is 81.6 Å². The molecule has 0 atom stereocenters. The van der Waals surface area contributed by atoms with E-state index in [4.69, 9.17) is 0 Å². The third-order valence-corrected chi connectivity index (χ3v) is 5.90. The van der Waals surface area contributed by atoms with Crippen LogP contribution in [0.15, 0.2) is 56.2 Å². The van der Waals surface area contributed by atoms with Crippen molar-refractivity contribution in [3.05, 3.63) is 84.2 Å². The molecule has 3 rings (SSSR count). The van der Waals surface area contributed by atoms with Crippen molar-refractivity contribution >= 4 is 29.3 Å². The maximum atomic E-state index is 12.1. The molecule has 0 spiro atoms. The third-order valence-electron chi connectivity index (χ3n) is 5.90. The first kappa shape index (κ1) is 41.3. The number of hydrogen-bond acceptors (Lipinski definition) is 3. The van der Waals surface area contributed by atoms with Gasteiger partial charge in [0.25, 0.3) is 5.91 Å². The van der Waals surface area contributed by atoms with Crippen LogP contribution in [0.4, 0.5) is 5.69 Å². The van der Waals surface area contributed by atoms with E-state index in [-0.39, 0.29) is 5.91 Å². The smallest absolute Gasteiger partial charge is 0.256 e. The Kier molecular flexibility index (Phi) is 28.3. The minimum Gasteiger partial charge on any atom is -0.358 e. The average Bonchev–Trinajstić information content (AvgIpc) is 3.47. The highest BCUT2D eigenvalue weighted by Gasteiger charge is 2.24. The molecule has 5 nitrogen and oxygen atoms in total. The van der Waals surface area contributed by atoms with Gasteiger partial charge in [0.15, 0.2) is 0 Å². The van der Waals surface area contributed by atoms with E-state index in [0.29, 0.717) is 5.57 Å². The largest absolute Gasteiger partial charge is 0.358 e. The number of rotatable bonds is 9.